The second-order valence-corrected chi connectivity index (χ2v) is 7.68. The molecule has 0 aromatic heterocycles. The Hall–Kier alpha value is -0.860. The lowest BCUT2D eigenvalue weighted by atomic mass is 9.90. The molecule has 1 aromatic carbocycles. The van der Waals surface area contributed by atoms with Crippen LogP contribution in [-0.4, -0.2) is 21.9 Å². The third-order valence-corrected chi connectivity index (χ3v) is 5.83. The van der Waals surface area contributed by atoms with Gasteiger partial charge < -0.3 is 10.2 Å². The van der Waals surface area contributed by atoms with Gasteiger partial charge in [0.1, 0.15) is 0 Å². The van der Waals surface area contributed by atoms with Gasteiger partial charge in [-0.25, -0.2) is 0 Å². The minimum atomic E-state index is -0.676. The zero-order chi connectivity index (χ0) is 16.8. The topological polar surface area (TPSA) is 40.5 Å². The van der Waals surface area contributed by atoms with Crippen LogP contribution in [0.3, 0.4) is 0 Å². The monoisotopic (exact) mass is 318 g/mol. The molecule has 3 atom stereocenters. The zero-order valence-electron chi connectivity index (χ0n) is 14.9. The lowest BCUT2D eigenvalue weighted by Gasteiger charge is -2.23. The summed E-state index contributed by atoms with van der Waals surface area (Å²) in [6.45, 7) is 4.29. The second-order valence-electron chi connectivity index (χ2n) is 7.68. The fourth-order valence-electron chi connectivity index (χ4n) is 3.80. The Balaban J connectivity index is 1.70. The summed E-state index contributed by atoms with van der Waals surface area (Å²) in [5.74, 6) is 0. The first-order valence-corrected chi connectivity index (χ1v) is 9.46. The van der Waals surface area contributed by atoms with Crippen LogP contribution in [0, 0.1) is 5.41 Å². The molecule has 0 aliphatic heterocycles. The Labute approximate surface area is 141 Å². The molecule has 1 aromatic rings. The molecule has 2 nitrogen and oxygen atoms in total. The van der Waals surface area contributed by atoms with E-state index in [-0.39, 0.29) is 11.5 Å². The SMILES string of the molecule is CCCCCCCC[C@@H](O)[C@]1(C)C[C@@]1(O)CCc1ccccc1. The molecule has 1 aliphatic rings. The summed E-state index contributed by atoms with van der Waals surface area (Å²) < 4.78 is 0. The van der Waals surface area contributed by atoms with Crippen molar-refractivity contribution in [3.63, 3.8) is 0 Å². The van der Waals surface area contributed by atoms with Gasteiger partial charge in [0, 0.05) is 5.41 Å². The third-order valence-electron chi connectivity index (χ3n) is 5.83. The fourth-order valence-corrected chi connectivity index (χ4v) is 3.80. The van der Waals surface area contributed by atoms with Crippen LogP contribution < -0.4 is 0 Å². The molecule has 0 spiro atoms. The van der Waals surface area contributed by atoms with Gasteiger partial charge in [-0.15, -0.1) is 0 Å². The number of rotatable bonds is 11. The third kappa shape index (κ3) is 4.81. The molecular formula is C21H34O2. The molecular weight excluding hydrogens is 284 g/mol. The molecule has 0 bridgehead atoms. The summed E-state index contributed by atoms with van der Waals surface area (Å²) in [6, 6.07) is 10.3. The normalized spacial score (nSPS) is 27.8. The smallest absolute Gasteiger partial charge is 0.0737 e. The Morgan fingerprint density at radius 3 is 2.39 bits per heavy atom. The van der Waals surface area contributed by atoms with Crippen LogP contribution in [0.5, 0.6) is 0 Å². The summed E-state index contributed by atoms with van der Waals surface area (Å²) in [6.07, 6.45) is 10.3. The van der Waals surface area contributed by atoms with Crippen molar-refractivity contribution in [2.24, 2.45) is 5.41 Å². The highest BCUT2D eigenvalue weighted by molar-refractivity contribution is 5.20. The van der Waals surface area contributed by atoms with Crippen LogP contribution >= 0.6 is 0 Å². The molecule has 130 valence electrons. The average Bonchev–Trinajstić information content (AvgIpc) is 3.13. The van der Waals surface area contributed by atoms with Crippen molar-refractivity contribution < 1.29 is 10.2 Å². The largest absolute Gasteiger partial charge is 0.392 e. The van der Waals surface area contributed by atoms with Crippen molar-refractivity contribution in [2.45, 2.75) is 89.8 Å². The summed E-state index contributed by atoms with van der Waals surface area (Å²) in [5, 5.41) is 21.3. The van der Waals surface area contributed by atoms with E-state index in [1.165, 1.54) is 37.7 Å². The Morgan fingerprint density at radius 1 is 1.04 bits per heavy atom. The van der Waals surface area contributed by atoms with Gasteiger partial charge in [-0.2, -0.15) is 0 Å². The minimum absolute atomic E-state index is 0.300. The summed E-state index contributed by atoms with van der Waals surface area (Å²) in [5.41, 5.74) is 0.288. The number of benzene rings is 1. The van der Waals surface area contributed by atoms with Gasteiger partial charge in [0.25, 0.3) is 0 Å². The molecule has 1 saturated carbocycles. The molecule has 2 heteroatoms. The molecule has 0 amide bonds. The number of unbranched alkanes of at least 4 members (excludes halogenated alkanes) is 5. The van der Waals surface area contributed by atoms with Crippen LogP contribution in [0.25, 0.3) is 0 Å². The molecule has 2 N–H and O–H groups in total. The van der Waals surface area contributed by atoms with Crippen molar-refractivity contribution in [2.75, 3.05) is 0 Å². The Morgan fingerprint density at radius 2 is 1.70 bits per heavy atom. The van der Waals surface area contributed by atoms with Gasteiger partial charge in [0.05, 0.1) is 11.7 Å². The molecule has 1 aliphatic carbocycles. The maximum atomic E-state index is 10.8. The van der Waals surface area contributed by atoms with Gasteiger partial charge in [0.15, 0.2) is 0 Å². The van der Waals surface area contributed by atoms with E-state index in [9.17, 15) is 10.2 Å². The van der Waals surface area contributed by atoms with Crippen LogP contribution in [0.15, 0.2) is 30.3 Å². The predicted octanol–water partition coefficient (Wildman–Crippen LogP) is 4.87. The lowest BCUT2D eigenvalue weighted by Crippen LogP contribution is -2.29. The Bertz CT molecular complexity index is 458. The average molecular weight is 319 g/mol. The molecule has 0 saturated heterocycles. The zero-order valence-corrected chi connectivity index (χ0v) is 14.9. The first kappa shape index (κ1) is 18.5. The second kappa shape index (κ2) is 8.30. The van der Waals surface area contributed by atoms with Crippen molar-refractivity contribution in [3.05, 3.63) is 35.9 Å². The Kier molecular flexibility index (Phi) is 6.67. The highest BCUT2D eigenvalue weighted by Crippen LogP contribution is 2.61. The maximum absolute atomic E-state index is 10.8. The summed E-state index contributed by atoms with van der Waals surface area (Å²) >= 11 is 0. The quantitative estimate of drug-likeness (QED) is 0.571. The van der Waals surface area contributed by atoms with E-state index in [0.717, 1.165) is 32.1 Å². The van der Waals surface area contributed by atoms with Crippen molar-refractivity contribution in [1.29, 1.82) is 0 Å². The molecule has 1 fully saturated rings. The van der Waals surface area contributed by atoms with E-state index in [1.54, 1.807) is 0 Å². The van der Waals surface area contributed by atoms with Gasteiger partial charge in [-0.05, 0) is 31.2 Å². The number of aliphatic hydroxyl groups excluding tert-OH is 1. The number of hydrogen-bond donors (Lipinski definition) is 2. The highest BCUT2D eigenvalue weighted by Gasteiger charge is 2.66. The molecule has 0 heterocycles. The van der Waals surface area contributed by atoms with E-state index in [4.69, 9.17) is 0 Å². The van der Waals surface area contributed by atoms with Crippen LogP contribution in [-0.2, 0) is 6.42 Å². The number of aliphatic hydroxyl groups is 2. The molecule has 23 heavy (non-hydrogen) atoms. The highest BCUT2D eigenvalue weighted by atomic mass is 16.3. The first-order chi connectivity index (χ1) is 11.0. The first-order valence-electron chi connectivity index (χ1n) is 9.46. The fraction of sp³-hybridized carbons (Fsp3) is 0.714. The van der Waals surface area contributed by atoms with Gasteiger partial charge in [-0.3, -0.25) is 0 Å². The standard InChI is InChI=1S/C21H34O2/c1-3-4-5-6-7-11-14-19(22)20(2)17-21(20,23)16-15-18-12-9-8-10-13-18/h8-10,12-13,19,22-23H,3-7,11,14-17H2,1-2H3/t19-,20+,21+/m1/s1. The molecule has 0 radical (unpaired) electrons. The van der Waals surface area contributed by atoms with Crippen molar-refractivity contribution >= 4 is 0 Å². The molecule has 2 rings (SSSR count). The predicted molar refractivity (Wildman–Crippen MR) is 96.4 cm³/mol. The van der Waals surface area contributed by atoms with Crippen molar-refractivity contribution in [3.8, 4) is 0 Å². The van der Waals surface area contributed by atoms with E-state index in [1.807, 2.05) is 18.2 Å². The van der Waals surface area contributed by atoms with E-state index < -0.39 is 5.60 Å². The summed E-state index contributed by atoms with van der Waals surface area (Å²) in [4.78, 5) is 0. The lowest BCUT2D eigenvalue weighted by molar-refractivity contribution is 0.0128. The van der Waals surface area contributed by atoms with E-state index >= 15 is 0 Å². The van der Waals surface area contributed by atoms with Gasteiger partial charge in [-0.1, -0.05) is 82.7 Å². The van der Waals surface area contributed by atoms with Gasteiger partial charge in [0.2, 0.25) is 0 Å². The number of aryl methyl sites for hydroxylation is 1. The minimum Gasteiger partial charge on any atom is -0.392 e. The van der Waals surface area contributed by atoms with Crippen LogP contribution in [0.2, 0.25) is 0 Å². The van der Waals surface area contributed by atoms with E-state index in [2.05, 4.69) is 26.0 Å². The number of hydrogen-bond acceptors (Lipinski definition) is 2. The summed E-state index contributed by atoms with van der Waals surface area (Å²) in [7, 11) is 0. The molecule has 0 unspecified atom stereocenters. The van der Waals surface area contributed by atoms with Crippen LogP contribution in [0.1, 0.15) is 77.2 Å². The van der Waals surface area contributed by atoms with Crippen LogP contribution in [0.4, 0.5) is 0 Å². The van der Waals surface area contributed by atoms with Crippen molar-refractivity contribution in [1.82, 2.24) is 0 Å². The van der Waals surface area contributed by atoms with E-state index in [0.29, 0.717) is 0 Å². The van der Waals surface area contributed by atoms with Gasteiger partial charge >= 0.3 is 0 Å². The maximum Gasteiger partial charge on any atom is 0.0737 e.